The van der Waals surface area contributed by atoms with Crippen LogP contribution in [0.2, 0.25) is 0 Å². The molecule has 15 rings (SSSR count). The van der Waals surface area contributed by atoms with E-state index >= 15 is 0 Å². The normalized spacial score (nSPS) is 14.8. The van der Waals surface area contributed by atoms with Crippen LogP contribution in [-0.4, -0.2) is 0 Å². The average molecular weight is 823 g/mol. The van der Waals surface area contributed by atoms with Crippen LogP contribution in [0.4, 0.5) is 0 Å². The monoisotopic (exact) mass is 822 g/mol. The molecule has 2 aliphatic carbocycles. The van der Waals surface area contributed by atoms with Gasteiger partial charge in [-0.1, -0.05) is 125 Å². The summed E-state index contributed by atoms with van der Waals surface area (Å²) < 4.78 is 26.8. The summed E-state index contributed by atoms with van der Waals surface area (Å²) in [5, 5.41) is 9.07. The van der Waals surface area contributed by atoms with Gasteiger partial charge in [-0.25, -0.2) is 0 Å². The number of hydrogen-bond donors (Lipinski definition) is 0. The second-order valence-electron chi connectivity index (χ2n) is 19.1. The predicted octanol–water partition coefficient (Wildman–Crippen LogP) is 17.2. The molecule has 2 aliphatic rings. The Balaban J connectivity index is 0.992. The van der Waals surface area contributed by atoms with E-state index in [9.17, 15) is 0 Å². The van der Waals surface area contributed by atoms with Crippen molar-refractivity contribution < 1.29 is 17.7 Å². The number of rotatable bonds is 2. The Labute approximate surface area is 366 Å². The van der Waals surface area contributed by atoms with E-state index < -0.39 is 0 Å². The minimum Gasteiger partial charge on any atom is -0.456 e. The lowest BCUT2D eigenvalue weighted by Gasteiger charge is -2.31. The van der Waals surface area contributed by atoms with Gasteiger partial charge in [0, 0.05) is 65.0 Å². The fourth-order valence-electron chi connectivity index (χ4n) is 12.1. The van der Waals surface area contributed by atoms with Crippen LogP contribution < -0.4 is 0 Å². The summed E-state index contributed by atoms with van der Waals surface area (Å²) in [7, 11) is 0. The number of fused-ring (bicyclic) bond motifs is 21. The molecule has 13 aromatic rings. The maximum atomic E-state index is 6.93. The molecule has 4 nitrogen and oxygen atoms in total. The second-order valence-corrected chi connectivity index (χ2v) is 19.1. The zero-order chi connectivity index (χ0) is 42.4. The molecular weight excluding hydrogens is 785 g/mol. The molecule has 4 aromatic heterocycles. The quantitative estimate of drug-likeness (QED) is 0.174. The van der Waals surface area contributed by atoms with E-state index in [1.165, 1.54) is 55.3 Å². The summed E-state index contributed by atoms with van der Waals surface area (Å²) in [6.45, 7) is 9.70. The van der Waals surface area contributed by atoms with Crippen LogP contribution >= 0.6 is 0 Å². The van der Waals surface area contributed by atoms with Gasteiger partial charge in [0.25, 0.3) is 0 Å². The molecule has 0 unspecified atom stereocenters. The van der Waals surface area contributed by atoms with Crippen molar-refractivity contribution in [3.05, 3.63) is 180 Å². The van der Waals surface area contributed by atoms with Crippen molar-refractivity contribution in [2.45, 2.75) is 38.5 Å². The lowest BCUT2D eigenvalue weighted by molar-refractivity contribution is 0.601. The van der Waals surface area contributed by atoms with Gasteiger partial charge in [0.05, 0.1) is 0 Å². The lowest BCUT2D eigenvalue weighted by atomic mass is 9.72. The molecule has 64 heavy (non-hydrogen) atoms. The molecule has 4 heterocycles. The van der Waals surface area contributed by atoms with E-state index in [1.807, 2.05) is 24.3 Å². The van der Waals surface area contributed by atoms with Crippen molar-refractivity contribution in [2.75, 3.05) is 0 Å². The van der Waals surface area contributed by atoms with E-state index in [4.69, 9.17) is 17.7 Å². The fraction of sp³-hybridized carbons (Fsp3) is 0.100. The van der Waals surface area contributed by atoms with Gasteiger partial charge in [-0.2, -0.15) is 0 Å². The smallest absolute Gasteiger partial charge is 0.143 e. The number of para-hydroxylation sites is 4. The average Bonchev–Trinajstić information content (AvgIpc) is 4.15. The summed E-state index contributed by atoms with van der Waals surface area (Å²) in [6.07, 6.45) is 0. The predicted molar refractivity (Wildman–Crippen MR) is 262 cm³/mol. The molecule has 0 N–H and O–H groups in total. The molecule has 0 bridgehead atoms. The standard InChI is InChI=1S/C60H38O4/c1-59(2)43-29-41(31-21-23-35-33-13-5-9-17-45(33)61-49(35)27-31)57-53(37-15-7-11-19-47(37)63-57)51(43)39-25-26-40-52-44(60(3,4)56(40)55(39)59)30-42(58-54(52)38-16-8-12-20-48(38)64-58)32-22-24-36-34-14-6-10-18-46(34)62-50(36)28-32/h5-30H,1-4H3. The van der Waals surface area contributed by atoms with E-state index in [-0.39, 0.29) is 10.8 Å². The first kappa shape index (κ1) is 34.7. The SMILES string of the molecule is CC1(C)c2cc(-c3ccc4c(c3)oc3ccccc34)c3oc4ccccc4c3c2-c2ccc3c(c21)C(C)(C)c1cc(-c2ccc4c(c2)oc2ccccc24)c2oc4ccccc4c2c1-3. The van der Waals surface area contributed by atoms with Gasteiger partial charge >= 0.3 is 0 Å². The number of furan rings is 4. The van der Waals surface area contributed by atoms with Crippen molar-refractivity contribution in [2.24, 2.45) is 0 Å². The van der Waals surface area contributed by atoms with Gasteiger partial charge in [0.15, 0.2) is 0 Å². The Morgan fingerprint density at radius 3 is 1.09 bits per heavy atom. The van der Waals surface area contributed by atoms with Crippen molar-refractivity contribution in [1.29, 1.82) is 0 Å². The van der Waals surface area contributed by atoms with Gasteiger partial charge in [-0.3, -0.25) is 0 Å². The van der Waals surface area contributed by atoms with E-state index in [0.29, 0.717) is 0 Å². The summed E-state index contributed by atoms with van der Waals surface area (Å²) in [6, 6.07) is 56.5. The van der Waals surface area contributed by atoms with Gasteiger partial charge in [0.2, 0.25) is 0 Å². The maximum absolute atomic E-state index is 6.93. The minimum atomic E-state index is -0.354. The van der Waals surface area contributed by atoms with E-state index in [2.05, 4.69) is 161 Å². The van der Waals surface area contributed by atoms with Crippen LogP contribution in [-0.2, 0) is 10.8 Å². The Hall–Kier alpha value is -7.82. The van der Waals surface area contributed by atoms with Crippen molar-refractivity contribution in [3.8, 4) is 44.5 Å². The van der Waals surface area contributed by atoms with Crippen LogP contribution in [0.3, 0.4) is 0 Å². The molecule has 9 aromatic carbocycles. The highest BCUT2D eigenvalue weighted by Crippen LogP contribution is 2.63. The first-order valence-electron chi connectivity index (χ1n) is 22.2. The van der Waals surface area contributed by atoms with Gasteiger partial charge in [-0.05, 0) is 116 Å². The molecule has 0 aliphatic heterocycles. The summed E-state index contributed by atoms with van der Waals surface area (Å²) >= 11 is 0. The highest BCUT2D eigenvalue weighted by Gasteiger charge is 2.48. The zero-order valence-electron chi connectivity index (χ0n) is 35.6. The Morgan fingerprint density at radius 2 is 0.672 bits per heavy atom. The van der Waals surface area contributed by atoms with Crippen molar-refractivity contribution >= 4 is 87.8 Å². The molecular formula is C60H38O4. The van der Waals surface area contributed by atoms with E-state index in [0.717, 1.165) is 99.2 Å². The van der Waals surface area contributed by atoms with Crippen molar-refractivity contribution in [1.82, 2.24) is 0 Å². The minimum absolute atomic E-state index is 0.354. The molecule has 4 heteroatoms. The van der Waals surface area contributed by atoms with Crippen LogP contribution in [0.25, 0.3) is 132 Å². The Morgan fingerprint density at radius 1 is 0.312 bits per heavy atom. The second kappa shape index (κ2) is 11.6. The maximum Gasteiger partial charge on any atom is 0.143 e. The summed E-state index contributed by atoms with van der Waals surface area (Å²) in [5.41, 5.74) is 21.2. The summed E-state index contributed by atoms with van der Waals surface area (Å²) in [5.74, 6) is 0. The highest BCUT2D eigenvalue weighted by atomic mass is 16.3. The Kier molecular flexibility index (Phi) is 6.29. The third-order valence-corrected chi connectivity index (χ3v) is 15.0. The highest BCUT2D eigenvalue weighted by molar-refractivity contribution is 6.22. The molecule has 302 valence electrons. The van der Waals surface area contributed by atoms with Crippen LogP contribution in [0, 0.1) is 0 Å². The van der Waals surface area contributed by atoms with Gasteiger partial charge < -0.3 is 17.7 Å². The van der Waals surface area contributed by atoms with Crippen LogP contribution in [0.15, 0.2) is 175 Å². The first-order valence-corrected chi connectivity index (χ1v) is 22.2. The molecule has 0 saturated heterocycles. The largest absolute Gasteiger partial charge is 0.456 e. The van der Waals surface area contributed by atoms with Gasteiger partial charge in [-0.15, -0.1) is 0 Å². The van der Waals surface area contributed by atoms with Gasteiger partial charge in [0.1, 0.15) is 44.7 Å². The Bertz CT molecular complexity index is 3980. The van der Waals surface area contributed by atoms with E-state index in [1.54, 1.807) is 0 Å². The number of hydrogen-bond acceptors (Lipinski definition) is 4. The molecule has 0 radical (unpaired) electrons. The van der Waals surface area contributed by atoms with Crippen LogP contribution in [0.5, 0.6) is 0 Å². The summed E-state index contributed by atoms with van der Waals surface area (Å²) in [4.78, 5) is 0. The molecule has 0 saturated carbocycles. The third kappa shape index (κ3) is 4.19. The topological polar surface area (TPSA) is 52.6 Å². The molecule has 0 fully saturated rings. The lowest BCUT2D eigenvalue weighted by Crippen LogP contribution is -2.24. The first-order chi connectivity index (χ1) is 31.2. The van der Waals surface area contributed by atoms with Crippen LogP contribution in [0.1, 0.15) is 49.9 Å². The molecule has 0 amide bonds. The zero-order valence-corrected chi connectivity index (χ0v) is 35.6. The molecule has 0 atom stereocenters. The molecule has 0 spiro atoms. The third-order valence-electron chi connectivity index (χ3n) is 15.0. The number of benzene rings is 9. The van der Waals surface area contributed by atoms with Crippen molar-refractivity contribution in [3.63, 3.8) is 0 Å². The fourth-order valence-corrected chi connectivity index (χ4v) is 12.1.